The van der Waals surface area contributed by atoms with Crippen molar-refractivity contribution in [1.82, 2.24) is 5.32 Å². The minimum Gasteiger partial charge on any atom is -0.365 e. The summed E-state index contributed by atoms with van der Waals surface area (Å²) in [5, 5.41) is 3.29. The van der Waals surface area contributed by atoms with Crippen LogP contribution in [0.25, 0.3) is 0 Å². The number of nitrogens with one attached hydrogen (secondary N) is 1. The predicted molar refractivity (Wildman–Crippen MR) is 83.4 cm³/mol. The quantitative estimate of drug-likeness (QED) is 0.898. The van der Waals surface area contributed by atoms with Gasteiger partial charge < -0.3 is 9.80 Å². The van der Waals surface area contributed by atoms with Gasteiger partial charge in [0.05, 0.1) is 17.4 Å². The van der Waals surface area contributed by atoms with Gasteiger partial charge in [-0.3, -0.25) is 10.1 Å². The number of thioether (sulfide) groups is 1. The first kappa shape index (κ1) is 12.5. The molecule has 1 N–H and O–H groups in total. The molecule has 2 fully saturated rings. The number of amides is 1. The fraction of sp³-hybridized carbons (Fsp3) is 0.533. The molecule has 1 amide bonds. The van der Waals surface area contributed by atoms with Crippen molar-refractivity contribution >= 4 is 29.0 Å². The van der Waals surface area contributed by atoms with E-state index in [1.807, 2.05) is 11.0 Å². The van der Waals surface area contributed by atoms with Crippen molar-refractivity contribution in [2.45, 2.75) is 24.9 Å². The number of rotatable bonds is 2. The van der Waals surface area contributed by atoms with Gasteiger partial charge in [0.2, 0.25) is 5.91 Å². The van der Waals surface area contributed by atoms with Gasteiger partial charge in [-0.2, -0.15) is 0 Å². The molecule has 1 atom stereocenters. The molecule has 1 saturated heterocycles. The van der Waals surface area contributed by atoms with E-state index >= 15 is 0 Å². The molecular weight excluding hydrogens is 270 g/mol. The molecule has 4 rings (SSSR count). The molecule has 1 aromatic carbocycles. The summed E-state index contributed by atoms with van der Waals surface area (Å²) in [7, 11) is 0. The Balaban J connectivity index is 1.64. The Hall–Kier alpha value is -1.20. The Labute approximate surface area is 123 Å². The zero-order valence-electron chi connectivity index (χ0n) is 11.4. The van der Waals surface area contributed by atoms with Gasteiger partial charge in [-0.15, -0.1) is 11.8 Å². The second kappa shape index (κ2) is 4.97. The molecule has 2 aliphatic heterocycles. The molecular formula is C15H19N3OS. The first-order valence-corrected chi connectivity index (χ1v) is 8.48. The Morgan fingerprint density at radius 3 is 2.70 bits per heavy atom. The van der Waals surface area contributed by atoms with Gasteiger partial charge in [0.15, 0.2) is 0 Å². The van der Waals surface area contributed by atoms with Crippen molar-refractivity contribution in [1.29, 1.82) is 0 Å². The smallest absolute Gasteiger partial charge is 0.245 e. The summed E-state index contributed by atoms with van der Waals surface area (Å²) in [5.41, 5.74) is 2.33. The molecule has 1 saturated carbocycles. The monoisotopic (exact) mass is 289 g/mol. The van der Waals surface area contributed by atoms with Gasteiger partial charge >= 0.3 is 0 Å². The molecule has 2 heterocycles. The molecule has 0 spiro atoms. The van der Waals surface area contributed by atoms with Crippen LogP contribution in [-0.4, -0.2) is 42.7 Å². The Morgan fingerprint density at radius 1 is 1.20 bits per heavy atom. The highest BCUT2D eigenvalue weighted by Crippen LogP contribution is 2.40. The maximum atomic E-state index is 12.7. The largest absolute Gasteiger partial charge is 0.365 e. The zero-order valence-corrected chi connectivity index (χ0v) is 12.2. The summed E-state index contributed by atoms with van der Waals surface area (Å²) in [4.78, 5) is 17.2. The van der Waals surface area contributed by atoms with Gasteiger partial charge in [0.25, 0.3) is 0 Å². The molecule has 4 nitrogen and oxygen atoms in total. The van der Waals surface area contributed by atoms with Crippen molar-refractivity contribution in [3.8, 4) is 0 Å². The third kappa shape index (κ3) is 2.09. The van der Waals surface area contributed by atoms with Crippen LogP contribution >= 0.6 is 11.8 Å². The highest BCUT2D eigenvalue weighted by Gasteiger charge is 2.37. The van der Waals surface area contributed by atoms with E-state index in [2.05, 4.69) is 28.4 Å². The van der Waals surface area contributed by atoms with Crippen molar-refractivity contribution < 1.29 is 4.79 Å². The minimum absolute atomic E-state index is 0.0134. The van der Waals surface area contributed by atoms with E-state index in [1.54, 1.807) is 11.8 Å². The molecule has 0 radical (unpaired) electrons. The number of hydrogen-bond acceptors (Lipinski definition) is 4. The lowest BCUT2D eigenvalue weighted by atomic mass is 10.1. The van der Waals surface area contributed by atoms with Crippen LogP contribution in [0.2, 0.25) is 0 Å². The molecule has 0 aromatic heterocycles. The molecule has 1 aliphatic carbocycles. The normalized spacial score (nSPS) is 25.7. The lowest BCUT2D eigenvalue weighted by molar-refractivity contribution is -0.119. The number of fused-ring (bicyclic) bond motifs is 1. The van der Waals surface area contributed by atoms with Crippen molar-refractivity contribution in [2.75, 3.05) is 34.5 Å². The summed E-state index contributed by atoms with van der Waals surface area (Å²) in [6, 6.07) is 9.04. The molecule has 1 aromatic rings. The number of hydrogen-bond donors (Lipinski definition) is 1. The first-order valence-electron chi connectivity index (χ1n) is 7.33. The van der Waals surface area contributed by atoms with Crippen LogP contribution < -0.4 is 15.1 Å². The van der Waals surface area contributed by atoms with Crippen LogP contribution in [0.15, 0.2) is 24.3 Å². The summed E-state index contributed by atoms with van der Waals surface area (Å²) in [6.07, 6.45) is 2.59. The molecule has 20 heavy (non-hydrogen) atoms. The van der Waals surface area contributed by atoms with Crippen LogP contribution in [0.4, 0.5) is 11.4 Å². The second-order valence-electron chi connectivity index (χ2n) is 5.67. The first-order chi connectivity index (χ1) is 9.84. The SMILES string of the molecule is O=C([C@@H]1CSCN1)N1CCN(C2CC2)c2ccccc21. The third-order valence-electron chi connectivity index (χ3n) is 4.31. The fourth-order valence-electron chi connectivity index (χ4n) is 3.12. The number of carbonyl (C=O) groups excluding carboxylic acids is 1. The lowest BCUT2D eigenvalue weighted by Gasteiger charge is -2.38. The molecule has 5 heteroatoms. The number of carbonyl (C=O) groups is 1. The van der Waals surface area contributed by atoms with Gasteiger partial charge in [-0.1, -0.05) is 12.1 Å². The van der Waals surface area contributed by atoms with E-state index in [9.17, 15) is 4.79 Å². The molecule has 106 valence electrons. The second-order valence-corrected chi connectivity index (χ2v) is 6.71. The van der Waals surface area contributed by atoms with Crippen LogP contribution in [0.3, 0.4) is 0 Å². The molecule has 0 unspecified atom stereocenters. The molecule has 3 aliphatic rings. The van der Waals surface area contributed by atoms with Gasteiger partial charge in [0.1, 0.15) is 0 Å². The van der Waals surface area contributed by atoms with E-state index in [0.717, 1.165) is 30.4 Å². The van der Waals surface area contributed by atoms with E-state index in [0.29, 0.717) is 6.04 Å². The maximum Gasteiger partial charge on any atom is 0.245 e. The van der Waals surface area contributed by atoms with E-state index in [4.69, 9.17) is 0 Å². The summed E-state index contributed by atoms with van der Waals surface area (Å²) in [6.45, 7) is 1.78. The standard InChI is InChI=1S/C15H19N3OS/c19-15(12-9-20-10-16-12)18-8-7-17(11-5-6-11)13-3-1-2-4-14(13)18/h1-4,11-12,16H,5-10H2/t12-/m0/s1. The Morgan fingerprint density at radius 2 is 2.00 bits per heavy atom. The summed E-state index contributed by atoms with van der Waals surface area (Å²) < 4.78 is 0. The topological polar surface area (TPSA) is 35.6 Å². The molecule has 0 bridgehead atoms. The highest BCUT2D eigenvalue weighted by atomic mass is 32.2. The van der Waals surface area contributed by atoms with Gasteiger partial charge in [-0.25, -0.2) is 0 Å². The summed E-state index contributed by atoms with van der Waals surface area (Å²) >= 11 is 1.80. The lowest BCUT2D eigenvalue weighted by Crippen LogP contribution is -2.51. The maximum absolute atomic E-state index is 12.7. The Kier molecular flexibility index (Phi) is 3.11. The number of para-hydroxylation sites is 2. The van der Waals surface area contributed by atoms with Crippen molar-refractivity contribution in [3.05, 3.63) is 24.3 Å². The van der Waals surface area contributed by atoms with E-state index in [-0.39, 0.29) is 11.9 Å². The van der Waals surface area contributed by atoms with E-state index in [1.165, 1.54) is 18.5 Å². The predicted octanol–water partition coefficient (Wildman–Crippen LogP) is 1.66. The Bertz CT molecular complexity index is 526. The minimum atomic E-state index is -0.0134. The van der Waals surface area contributed by atoms with Gasteiger partial charge in [-0.05, 0) is 25.0 Å². The number of benzene rings is 1. The van der Waals surface area contributed by atoms with Crippen LogP contribution in [-0.2, 0) is 4.79 Å². The average Bonchev–Trinajstić information content (AvgIpc) is 3.19. The highest BCUT2D eigenvalue weighted by molar-refractivity contribution is 7.99. The summed E-state index contributed by atoms with van der Waals surface area (Å²) in [5.74, 6) is 2.02. The van der Waals surface area contributed by atoms with Gasteiger partial charge in [0, 0.05) is 30.8 Å². The average molecular weight is 289 g/mol. The number of anilines is 2. The van der Waals surface area contributed by atoms with Crippen LogP contribution in [0.1, 0.15) is 12.8 Å². The van der Waals surface area contributed by atoms with Crippen LogP contribution in [0, 0.1) is 0 Å². The third-order valence-corrected chi connectivity index (χ3v) is 5.25. The fourth-order valence-corrected chi connectivity index (χ4v) is 4.05. The zero-order chi connectivity index (χ0) is 13.5. The number of nitrogens with zero attached hydrogens (tertiary/aromatic N) is 2. The van der Waals surface area contributed by atoms with Crippen molar-refractivity contribution in [3.63, 3.8) is 0 Å². The van der Waals surface area contributed by atoms with Crippen molar-refractivity contribution in [2.24, 2.45) is 0 Å². The van der Waals surface area contributed by atoms with E-state index < -0.39 is 0 Å². The van der Waals surface area contributed by atoms with Crippen LogP contribution in [0.5, 0.6) is 0 Å².